The average molecular weight is 364 g/mol. The minimum atomic E-state index is -0.963. The Kier molecular flexibility index (Phi) is 4.87. The van der Waals surface area contributed by atoms with Crippen LogP contribution in [0.2, 0.25) is 5.02 Å². The van der Waals surface area contributed by atoms with E-state index in [1.807, 2.05) is 0 Å². The number of thioether (sulfide) groups is 1. The van der Waals surface area contributed by atoms with E-state index in [4.69, 9.17) is 21.1 Å². The van der Waals surface area contributed by atoms with Crippen LogP contribution in [0.1, 0.15) is 0 Å². The van der Waals surface area contributed by atoms with Gasteiger partial charge >= 0.3 is 5.97 Å². The van der Waals surface area contributed by atoms with Crippen LogP contribution in [0.5, 0.6) is 0 Å². The Labute approximate surface area is 146 Å². The third-order valence-electron chi connectivity index (χ3n) is 3.15. The first-order valence-electron chi connectivity index (χ1n) is 6.90. The number of hydrogen-bond acceptors (Lipinski definition) is 4. The number of rotatable bonds is 5. The zero-order valence-electron chi connectivity index (χ0n) is 12.2. The number of carboxylic acid groups (broad SMARTS) is 1. The Balaban J connectivity index is 2.05. The van der Waals surface area contributed by atoms with Gasteiger partial charge < -0.3 is 9.52 Å². The summed E-state index contributed by atoms with van der Waals surface area (Å²) in [7, 11) is 0. The van der Waals surface area contributed by atoms with Crippen LogP contribution >= 0.6 is 23.4 Å². The van der Waals surface area contributed by atoms with Gasteiger partial charge in [-0.05, 0) is 36.4 Å². The van der Waals surface area contributed by atoms with Crippen LogP contribution in [0.3, 0.4) is 0 Å². The van der Waals surface area contributed by atoms with Crippen molar-refractivity contribution in [3.63, 3.8) is 0 Å². The summed E-state index contributed by atoms with van der Waals surface area (Å²) in [5.41, 5.74) is 1.96. The molecular formula is C17H11ClFNO3S. The molecule has 0 aliphatic rings. The van der Waals surface area contributed by atoms with Gasteiger partial charge in [-0.1, -0.05) is 35.5 Å². The molecule has 4 nitrogen and oxygen atoms in total. The number of oxazole rings is 1. The Morgan fingerprint density at radius 2 is 1.75 bits per heavy atom. The van der Waals surface area contributed by atoms with Crippen molar-refractivity contribution >= 4 is 29.3 Å². The molecule has 0 aliphatic carbocycles. The lowest BCUT2D eigenvalue weighted by Crippen LogP contribution is -1.97. The molecule has 0 saturated heterocycles. The molecule has 1 N–H and O–H groups in total. The van der Waals surface area contributed by atoms with Gasteiger partial charge in [0.25, 0.3) is 5.22 Å². The summed E-state index contributed by atoms with van der Waals surface area (Å²) in [5.74, 6) is -1.03. The standard InChI is InChI=1S/C17H11ClFNO3S/c18-12-5-1-10(2-6-12)15-16(11-3-7-13(19)8-4-11)23-17(20-15)24-9-14(21)22/h1-8H,9H2,(H,21,22). The van der Waals surface area contributed by atoms with Gasteiger partial charge in [0.2, 0.25) is 0 Å². The van der Waals surface area contributed by atoms with Gasteiger partial charge in [-0.2, -0.15) is 0 Å². The third-order valence-corrected chi connectivity index (χ3v) is 4.22. The number of hydrogen-bond donors (Lipinski definition) is 1. The summed E-state index contributed by atoms with van der Waals surface area (Å²) >= 11 is 6.89. The van der Waals surface area contributed by atoms with Crippen molar-refractivity contribution in [3.8, 4) is 22.6 Å². The molecule has 3 aromatic rings. The first-order chi connectivity index (χ1) is 11.5. The molecule has 0 saturated carbocycles. The number of benzene rings is 2. The zero-order valence-corrected chi connectivity index (χ0v) is 13.8. The maximum Gasteiger partial charge on any atom is 0.314 e. The molecule has 3 rings (SSSR count). The quantitative estimate of drug-likeness (QED) is 0.648. The lowest BCUT2D eigenvalue weighted by atomic mass is 10.1. The second-order valence-corrected chi connectivity index (χ2v) is 6.22. The van der Waals surface area contributed by atoms with Gasteiger partial charge in [-0.3, -0.25) is 4.79 Å². The van der Waals surface area contributed by atoms with Crippen molar-refractivity contribution < 1.29 is 18.7 Å². The van der Waals surface area contributed by atoms with Crippen LogP contribution in [-0.2, 0) is 4.79 Å². The molecule has 0 amide bonds. The second-order valence-electron chi connectivity index (χ2n) is 4.85. The van der Waals surface area contributed by atoms with Crippen molar-refractivity contribution in [2.45, 2.75) is 5.22 Å². The molecule has 122 valence electrons. The topological polar surface area (TPSA) is 63.3 Å². The number of aromatic nitrogens is 1. The van der Waals surface area contributed by atoms with Crippen molar-refractivity contribution in [2.24, 2.45) is 0 Å². The molecule has 1 heterocycles. The summed E-state index contributed by atoms with van der Waals surface area (Å²) in [6.45, 7) is 0. The zero-order chi connectivity index (χ0) is 17.1. The van der Waals surface area contributed by atoms with Gasteiger partial charge in [0, 0.05) is 16.1 Å². The highest BCUT2D eigenvalue weighted by Crippen LogP contribution is 2.36. The Morgan fingerprint density at radius 1 is 1.12 bits per heavy atom. The monoisotopic (exact) mass is 363 g/mol. The first kappa shape index (κ1) is 16.5. The van der Waals surface area contributed by atoms with E-state index in [2.05, 4.69) is 4.98 Å². The highest BCUT2D eigenvalue weighted by Gasteiger charge is 2.18. The maximum atomic E-state index is 13.2. The molecule has 2 aromatic carbocycles. The van der Waals surface area contributed by atoms with Crippen LogP contribution in [0.4, 0.5) is 4.39 Å². The first-order valence-corrected chi connectivity index (χ1v) is 8.26. The van der Waals surface area contributed by atoms with E-state index in [0.29, 0.717) is 22.0 Å². The van der Waals surface area contributed by atoms with Crippen LogP contribution in [0.15, 0.2) is 58.2 Å². The number of carbonyl (C=O) groups is 1. The van der Waals surface area contributed by atoms with Crippen LogP contribution < -0.4 is 0 Å². The molecule has 0 fully saturated rings. The largest absolute Gasteiger partial charge is 0.481 e. The summed E-state index contributed by atoms with van der Waals surface area (Å²) in [6, 6.07) is 12.9. The predicted molar refractivity (Wildman–Crippen MR) is 90.7 cm³/mol. The van der Waals surface area contributed by atoms with Crippen LogP contribution in [-0.4, -0.2) is 21.8 Å². The van der Waals surface area contributed by atoms with Gasteiger partial charge in [0.15, 0.2) is 5.76 Å². The summed E-state index contributed by atoms with van der Waals surface area (Å²) in [4.78, 5) is 15.1. The van der Waals surface area contributed by atoms with Crippen molar-refractivity contribution in [1.29, 1.82) is 0 Å². The second kappa shape index (κ2) is 7.07. The molecule has 1 aromatic heterocycles. The van der Waals surface area contributed by atoms with Gasteiger partial charge in [0.1, 0.15) is 17.3 Å². The number of aliphatic carboxylic acids is 1. The molecule has 7 heteroatoms. The fourth-order valence-electron chi connectivity index (χ4n) is 2.09. The van der Waals surface area contributed by atoms with E-state index < -0.39 is 5.97 Å². The Morgan fingerprint density at radius 3 is 2.38 bits per heavy atom. The average Bonchev–Trinajstić information content (AvgIpc) is 2.98. The number of halogens is 2. The Hall–Kier alpha value is -2.31. The third kappa shape index (κ3) is 3.77. The maximum absolute atomic E-state index is 13.2. The van der Waals surface area contributed by atoms with Gasteiger partial charge in [-0.15, -0.1) is 0 Å². The molecule has 0 atom stereocenters. The minimum absolute atomic E-state index is 0.163. The fraction of sp³-hybridized carbons (Fsp3) is 0.0588. The SMILES string of the molecule is O=C(O)CSc1nc(-c2ccc(Cl)cc2)c(-c2ccc(F)cc2)o1. The minimum Gasteiger partial charge on any atom is -0.481 e. The lowest BCUT2D eigenvalue weighted by Gasteiger charge is -2.02. The van der Waals surface area contributed by atoms with E-state index in [1.165, 1.54) is 12.1 Å². The highest BCUT2D eigenvalue weighted by molar-refractivity contribution is 7.99. The number of nitrogens with zero attached hydrogens (tertiary/aromatic N) is 1. The van der Waals surface area contributed by atoms with E-state index in [-0.39, 0.29) is 16.8 Å². The highest BCUT2D eigenvalue weighted by atomic mass is 35.5. The fourth-order valence-corrected chi connectivity index (χ4v) is 2.76. The number of carboxylic acids is 1. The summed E-state index contributed by atoms with van der Waals surface area (Å²) < 4.78 is 18.9. The summed E-state index contributed by atoms with van der Waals surface area (Å²) in [5, 5.41) is 9.63. The van der Waals surface area contributed by atoms with Crippen LogP contribution in [0, 0.1) is 5.82 Å². The molecule has 24 heavy (non-hydrogen) atoms. The van der Waals surface area contributed by atoms with Gasteiger partial charge in [0.05, 0.1) is 0 Å². The van der Waals surface area contributed by atoms with Crippen LogP contribution in [0.25, 0.3) is 22.6 Å². The molecule has 0 aliphatic heterocycles. The molecule has 0 spiro atoms. The molecule has 0 unspecified atom stereocenters. The smallest absolute Gasteiger partial charge is 0.314 e. The van der Waals surface area contributed by atoms with Crippen molar-refractivity contribution in [3.05, 3.63) is 59.4 Å². The predicted octanol–water partition coefficient (Wildman–Crippen LogP) is 4.98. The van der Waals surface area contributed by atoms with Crippen molar-refractivity contribution in [1.82, 2.24) is 4.98 Å². The lowest BCUT2D eigenvalue weighted by molar-refractivity contribution is -0.133. The van der Waals surface area contributed by atoms with E-state index >= 15 is 0 Å². The van der Waals surface area contributed by atoms with Crippen molar-refractivity contribution in [2.75, 3.05) is 5.75 Å². The normalized spacial score (nSPS) is 10.8. The summed E-state index contributed by atoms with van der Waals surface area (Å²) in [6.07, 6.45) is 0. The van der Waals surface area contributed by atoms with E-state index in [9.17, 15) is 9.18 Å². The molecular weight excluding hydrogens is 353 g/mol. The molecule has 0 bridgehead atoms. The van der Waals surface area contributed by atoms with E-state index in [0.717, 1.165) is 17.3 Å². The van der Waals surface area contributed by atoms with Gasteiger partial charge in [-0.25, -0.2) is 9.37 Å². The van der Waals surface area contributed by atoms with E-state index in [1.54, 1.807) is 36.4 Å². The molecule has 0 radical (unpaired) electrons. The Bertz CT molecular complexity index is 800.